The predicted molar refractivity (Wildman–Crippen MR) is 112 cm³/mol. The van der Waals surface area contributed by atoms with Crippen LogP contribution in [0, 0.1) is 5.82 Å². The molecule has 1 fully saturated rings. The molecule has 1 aromatic carbocycles. The highest BCUT2D eigenvalue weighted by Gasteiger charge is 2.34. The number of carbonyl (C=O) groups is 1. The Kier molecular flexibility index (Phi) is 5.39. The number of amides is 2. The molecule has 1 unspecified atom stereocenters. The van der Waals surface area contributed by atoms with Gasteiger partial charge in [0.15, 0.2) is 11.6 Å². The normalized spacial score (nSPS) is 15.0. The average molecular weight is 409 g/mol. The molecule has 1 aliphatic rings. The number of aromatic amines is 1. The minimum absolute atomic E-state index is 0.114. The van der Waals surface area contributed by atoms with E-state index in [1.54, 1.807) is 28.1 Å². The highest BCUT2D eigenvalue weighted by atomic mass is 19.1. The third-order valence-electron chi connectivity index (χ3n) is 5.55. The average Bonchev–Trinajstić information content (AvgIpc) is 3.43. The summed E-state index contributed by atoms with van der Waals surface area (Å²) in [6, 6.07) is 8.22. The summed E-state index contributed by atoms with van der Waals surface area (Å²) in [6.45, 7) is 5.08. The topological polar surface area (TPSA) is 74.3 Å². The number of rotatable bonds is 6. The molecule has 1 N–H and O–H groups in total. The Morgan fingerprint density at radius 3 is 2.80 bits per heavy atom. The molecule has 0 spiro atoms. The van der Waals surface area contributed by atoms with E-state index in [0.717, 1.165) is 28.8 Å². The summed E-state index contributed by atoms with van der Waals surface area (Å²) in [5.74, 6) is 0.388. The summed E-state index contributed by atoms with van der Waals surface area (Å²) in [4.78, 5) is 21.4. The van der Waals surface area contributed by atoms with E-state index in [1.165, 1.54) is 13.2 Å². The zero-order valence-electron chi connectivity index (χ0n) is 17.2. The Morgan fingerprint density at radius 1 is 1.27 bits per heavy atom. The van der Waals surface area contributed by atoms with Crippen molar-refractivity contribution in [2.75, 3.05) is 25.1 Å². The van der Waals surface area contributed by atoms with E-state index in [4.69, 9.17) is 9.72 Å². The highest BCUT2D eigenvalue weighted by Crippen LogP contribution is 2.31. The van der Waals surface area contributed by atoms with E-state index in [1.807, 2.05) is 32.2 Å². The minimum Gasteiger partial charge on any atom is -0.494 e. The number of anilines is 1. The molecule has 1 atom stereocenters. The van der Waals surface area contributed by atoms with Gasteiger partial charge in [-0.1, -0.05) is 13.0 Å². The summed E-state index contributed by atoms with van der Waals surface area (Å²) in [7, 11) is 1.43. The lowest BCUT2D eigenvalue weighted by molar-refractivity contribution is 0.205. The highest BCUT2D eigenvalue weighted by molar-refractivity contribution is 5.93. The molecule has 8 heteroatoms. The van der Waals surface area contributed by atoms with Gasteiger partial charge in [0.1, 0.15) is 5.82 Å². The Balaban J connectivity index is 1.57. The first-order chi connectivity index (χ1) is 14.5. The maximum Gasteiger partial charge on any atom is 0.326 e. The smallest absolute Gasteiger partial charge is 0.326 e. The van der Waals surface area contributed by atoms with Crippen molar-refractivity contribution in [3.05, 3.63) is 59.8 Å². The largest absolute Gasteiger partial charge is 0.494 e. The van der Waals surface area contributed by atoms with Gasteiger partial charge in [-0.15, -0.1) is 0 Å². The molecule has 156 valence electrons. The van der Waals surface area contributed by atoms with Gasteiger partial charge in [-0.3, -0.25) is 10.00 Å². The zero-order valence-corrected chi connectivity index (χ0v) is 17.2. The Hall–Kier alpha value is -3.42. The van der Waals surface area contributed by atoms with Crippen LogP contribution in [-0.4, -0.2) is 46.3 Å². The molecule has 2 aromatic heterocycles. The van der Waals surface area contributed by atoms with Crippen molar-refractivity contribution < 1.29 is 13.9 Å². The van der Waals surface area contributed by atoms with Crippen molar-refractivity contribution in [1.82, 2.24) is 20.1 Å². The van der Waals surface area contributed by atoms with Crippen LogP contribution in [0.3, 0.4) is 0 Å². The molecule has 0 radical (unpaired) electrons. The van der Waals surface area contributed by atoms with Gasteiger partial charge in [0.25, 0.3) is 0 Å². The predicted octanol–water partition coefficient (Wildman–Crippen LogP) is 4.19. The van der Waals surface area contributed by atoms with Gasteiger partial charge in [-0.25, -0.2) is 14.2 Å². The van der Waals surface area contributed by atoms with E-state index in [2.05, 4.69) is 10.2 Å². The number of aromatic nitrogens is 3. The van der Waals surface area contributed by atoms with Gasteiger partial charge in [-0.2, -0.15) is 5.10 Å². The molecule has 1 aliphatic heterocycles. The first-order valence-corrected chi connectivity index (χ1v) is 9.94. The SMILES string of the molecule is CCc1nc(N2CCN(C(C)c3ccc(F)c(OC)c3)C2=O)ccc1-c1cn[nH]c1. The number of pyridine rings is 1. The van der Waals surface area contributed by atoms with Crippen molar-refractivity contribution in [2.45, 2.75) is 26.3 Å². The summed E-state index contributed by atoms with van der Waals surface area (Å²) in [5, 5.41) is 6.83. The second-order valence-corrected chi connectivity index (χ2v) is 7.20. The van der Waals surface area contributed by atoms with Crippen LogP contribution in [0.5, 0.6) is 5.75 Å². The number of H-pyrrole nitrogens is 1. The maximum atomic E-state index is 13.7. The molecular weight excluding hydrogens is 385 g/mol. The van der Waals surface area contributed by atoms with E-state index in [-0.39, 0.29) is 17.8 Å². The van der Waals surface area contributed by atoms with Gasteiger partial charge in [0.05, 0.1) is 25.0 Å². The van der Waals surface area contributed by atoms with Crippen molar-refractivity contribution in [2.24, 2.45) is 0 Å². The quantitative estimate of drug-likeness (QED) is 0.663. The third kappa shape index (κ3) is 3.49. The van der Waals surface area contributed by atoms with Gasteiger partial charge in [-0.05, 0) is 43.2 Å². The van der Waals surface area contributed by atoms with Gasteiger partial charge in [0.2, 0.25) is 0 Å². The fourth-order valence-electron chi connectivity index (χ4n) is 3.81. The first kappa shape index (κ1) is 19.9. The number of hydrogen-bond acceptors (Lipinski definition) is 4. The lowest BCUT2D eigenvalue weighted by atomic mass is 10.1. The molecule has 0 bridgehead atoms. The van der Waals surface area contributed by atoms with E-state index in [9.17, 15) is 9.18 Å². The van der Waals surface area contributed by atoms with Crippen molar-refractivity contribution in [3.8, 4) is 16.9 Å². The summed E-state index contributed by atoms with van der Waals surface area (Å²) >= 11 is 0. The van der Waals surface area contributed by atoms with Gasteiger partial charge < -0.3 is 9.64 Å². The summed E-state index contributed by atoms with van der Waals surface area (Å²) < 4.78 is 18.8. The van der Waals surface area contributed by atoms with Crippen LogP contribution in [0.25, 0.3) is 11.1 Å². The number of methoxy groups -OCH3 is 1. The van der Waals surface area contributed by atoms with Crippen LogP contribution >= 0.6 is 0 Å². The molecule has 0 aliphatic carbocycles. The summed E-state index contributed by atoms with van der Waals surface area (Å²) in [6.07, 6.45) is 4.33. The van der Waals surface area contributed by atoms with Crippen molar-refractivity contribution >= 4 is 11.8 Å². The molecule has 0 saturated carbocycles. The fourth-order valence-corrected chi connectivity index (χ4v) is 3.81. The number of aryl methyl sites for hydroxylation is 1. The number of carbonyl (C=O) groups excluding carboxylic acids is 1. The number of urea groups is 1. The number of nitrogens with one attached hydrogen (secondary N) is 1. The molecule has 3 aromatic rings. The van der Waals surface area contributed by atoms with E-state index in [0.29, 0.717) is 18.9 Å². The molecule has 4 rings (SSSR count). The van der Waals surface area contributed by atoms with Crippen LogP contribution in [0.15, 0.2) is 42.7 Å². The van der Waals surface area contributed by atoms with Crippen molar-refractivity contribution in [3.63, 3.8) is 0 Å². The third-order valence-corrected chi connectivity index (χ3v) is 5.55. The molecule has 1 saturated heterocycles. The Bertz CT molecular complexity index is 1050. The number of ether oxygens (including phenoxy) is 1. The number of halogens is 1. The van der Waals surface area contributed by atoms with Crippen LogP contribution in [0.4, 0.5) is 15.0 Å². The second kappa shape index (κ2) is 8.14. The molecule has 7 nitrogen and oxygen atoms in total. The monoisotopic (exact) mass is 409 g/mol. The lowest BCUT2D eigenvalue weighted by Gasteiger charge is -2.25. The number of nitrogens with zero attached hydrogens (tertiary/aromatic N) is 4. The first-order valence-electron chi connectivity index (χ1n) is 9.94. The molecule has 3 heterocycles. The fraction of sp³-hybridized carbons (Fsp3) is 0.318. The standard InChI is InChI=1S/C22H24FN5O2/c1-4-19-17(16-12-24-25-13-16)6-8-21(26-19)28-10-9-27(22(28)29)14(2)15-5-7-18(23)20(11-15)30-3/h5-8,11-14H,4,9-10H2,1-3H3,(H,24,25). The van der Waals surface area contributed by atoms with Gasteiger partial charge >= 0.3 is 6.03 Å². The van der Waals surface area contributed by atoms with Crippen LogP contribution in [-0.2, 0) is 6.42 Å². The van der Waals surface area contributed by atoms with Gasteiger partial charge in [0, 0.05) is 30.4 Å². The number of hydrogen-bond donors (Lipinski definition) is 1. The maximum absolute atomic E-state index is 13.7. The molecular formula is C22H24FN5O2. The molecule has 30 heavy (non-hydrogen) atoms. The number of benzene rings is 1. The van der Waals surface area contributed by atoms with Crippen LogP contribution in [0.2, 0.25) is 0 Å². The zero-order chi connectivity index (χ0) is 21.3. The Morgan fingerprint density at radius 2 is 2.10 bits per heavy atom. The van der Waals surface area contributed by atoms with Crippen molar-refractivity contribution in [1.29, 1.82) is 0 Å². The minimum atomic E-state index is -0.420. The van der Waals surface area contributed by atoms with E-state index < -0.39 is 5.82 Å². The Labute approximate surface area is 174 Å². The molecule has 2 amide bonds. The summed E-state index contributed by atoms with van der Waals surface area (Å²) in [5.41, 5.74) is 3.71. The van der Waals surface area contributed by atoms with Crippen LogP contribution in [0.1, 0.15) is 31.1 Å². The van der Waals surface area contributed by atoms with Crippen LogP contribution < -0.4 is 9.64 Å². The second-order valence-electron chi connectivity index (χ2n) is 7.20. The van der Waals surface area contributed by atoms with E-state index >= 15 is 0 Å². The lowest BCUT2D eigenvalue weighted by Crippen LogP contribution is -2.34.